The summed E-state index contributed by atoms with van der Waals surface area (Å²) in [4.78, 5) is 11.5. The summed E-state index contributed by atoms with van der Waals surface area (Å²) >= 11 is 3.32. The molecule has 1 aromatic carbocycles. The largest absolute Gasteiger partial charge is 0.340 e. The highest BCUT2D eigenvalue weighted by Crippen LogP contribution is 2.17. The fourth-order valence-electron chi connectivity index (χ4n) is 1.91. The molecule has 0 fully saturated rings. The first-order chi connectivity index (χ1) is 9.10. The van der Waals surface area contributed by atoms with Crippen LogP contribution in [-0.4, -0.2) is 15.0 Å². The molecule has 6 heteroatoms. The van der Waals surface area contributed by atoms with Crippen molar-refractivity contribution in [2.24, 2.45) is 0 Å². The molecule has 0 aliphatic heterocycles. The highest BCUT2D eigenvalue weighted by Gasteiger charge is 2.07. The maximum atomic E-state index is 13.1. The smallest absolute Gasteiger partial charge is 0.177 e. The van der Waals surface area contributed by atoms with Crippen molar-refractivity contribution in [3.8, 4) is 0 Å². The first-order valence-electron chi connectivity index (χ1n) is 5.55. The highest BCUT2D eigenvalue weighted by atomic mass is 79.9. The lowest BCUT2D eigenvalue weighted by molar-refractivity contribution is 0.580. The zero-order chi connectivity index (χ0) is 13.4. The molecular formula is C13H8BrF2N3. The lowest BCUT2D eigenvalue weighted by atomic mass is 10.1. The number of hydrogen-bond donors (Lipinski definition) is 1. The van der Waals surface area contributed by atoms with Gasteiger partial charge in [0.2, 0.25) is 0 Å². The van der Waals surface area contributed by atoms with E-state index in [4.69, 9.17) is 0 Å². The van der Waals surface area contributed by atoms with Gasteiger partial charge in [-0.05, 0) is 39.7 Å². The number of aromatic nitrogens is 3. The number of H-pyrrole nitrogens is 1. The Morgan fingerprint density at radius 3 is 2.58 bits per heavy atom. The molecule has 0 radical (unpaired) electrons. The van der Waals surface area contributed by atoms with E-state index in [2.05, 4.69) is 30.9 Å². The second kappa shape index (κ2) is 4.70. The van der Waals surface area contributed by atoms with Crippen LogP contribution < -0.4 is 0 Å². The fraction of sp³-hybridized carbons (Fsp3) is 0.0769. The van der Waals surface area contributed by atoms with E-state index in [0.29, 0.717) is 23.5 Å². The van der Waals surface area contributed by atoms with E-state index in [1.807, 2.05) is 6.07 Å². The number of benzene rings is 1. The van der Waals surface area contributed by atoms with Gasteiger partial charge in [0.25, 0.3) is 0 Å². The molecule has 2 heterocycles. The molecule has 96 valence electrons. The third kappa shape index (κ3) is 2.63. The molecule has 3 rings (SSSR count). The van der Waals surface area contributed by atoms with Crippen molar-refractivity contribution in [2.45, 2.75) is 6.42 Å². The van der Waals surface area contributed by atoms with E-state index in [1.54, 1.807) is 6.20 Å². The summed E-state index contributed by atoms with van der Waals surface area (Å²) in [5.41, 5.74) is 1.88. The maximum Gasteiger partial charge on any atom is 0.177 e. The molecule has 0 amide bonds. The standard InChI is InChI=1S/C13H8BrF2N3/c14-8-4-11-13(17-6-8)19-12(18-11)3-7-1-9(15)5-10(16)2-7/h1-2,4-6H,3H2,(H,17,18,19). The molecule has 0 bridgehead atoms. The summed E-state index contributed by atoms with van der Waals surface area (Å²) in [7, 11) is 0. The lowest BCUT2D eigenvalue weighted by Gasteiger charge is -1.99. The van der Waals surface area contributed by atoms with Gasteiger partial charge < -0.3 is 4.98 Å². The van der Waals surface area contributed by atoms with Gasteiger partial charge >= 0.3 is 0 Å². The second-order valence-corrected chi connectivity index (χ2v) is 5.08. The topological polar surface area (TPSA) is 41.6 Å². The number of fused-ring (bicyclic) bond motifs is 1. The van der Waals surface area contributed by atoms with Crippen molar-refractivity contribution in [3.05, 3.63) is 58.0 Å². The van der Waals surface area contributed by atoms with Gasteiger partial charge in [-0.1, -0.05) is 0 Å². The van der Waals surface area contributed by atoms with Crippen LogP contribution in [0.2, 0.25) is 0 Å². The van der Waals surface area contributed by atoms with E-state index >= 15 is 0 Å². The number of nitrogens with zero attached hydrogens (tertiary/aromatic N) is 2. The van der Waals surface area contributed by atoms with Crippen LogP contribution in [0.4, 0.5) is 8.78 Å². The van der Waals surface area contributed by atoms with Gasteiger partial charge in [-0.3, -0.25) is 0 Å². The third-order valence-electron chi connectivity index (χ3n) is 2.65. The average molecular weight is 324 g/mol. The summed E-state index contributed by atoms with van der Waals surface area (Å²) in [5.74, 6) is -0.565. The molecule has 0 unspecified atom stereocenters. The summed E-state index contributed by atoms with van der Waals surface area (Å²) in [5, 5.41) is 0. The zero-order valence-electron chi connectivity index (χ0n) is 9.62. The molecule has 0 saturated heterocycles. The number of aromatic amines is 1. The van der Waals surface area contributed by atoms with Gasteiger partial charge in [-0.2, -0.15) is 0 Å². The van der Waals surface area contributed by atoms with Crippen molar-refractivity contribution in [3.63, 3.8) is 0 Å². The number of rotatable bonds is 2. The molecule has 0 saturated carbocycles. The van der Waals surface area contributed by atoms with Crippen molar-refractivity contribution >= 4 is 27.1 Å². The fourth-order valence-corrected chi connectivity index (χ4v) is 2.25. The number of pyridine rings is 1. The van der Waals surface area contributed by atoms with Crippen molar-refractivity contribution in [2.75, 3.05) is 0 Å². The predicted octanol–water partition coefficient (Wildman–Crippen LogP) is 3.59. The van der Waals surface area contributed by atoms with Gasteiger partial charge in [-0.15, -0.1) is 0 Å². The zero-order valence-corrected chi connectivity index (χ0v) is 11.2. The highest BCUT2D eigenvalue weighted by molar-refractivity contribution is 9.10. The van der Waals surface area contributed by atoms with Crippen LogP contribution in [-0.2, 0) is 6.42 Å². The number of halogens is 3. The van der Waals surface area contributed by atoms with Crippen molar-refractivity contribution in [1.29, 1.82) is 0 Å². The van der Waals surface area contributed by atoms with Crippen LogP contribution in [0.1, 0.15) is 11.4 Å². The SMILES string of the molecule is Fc1cc(F)cc(Cc2nc3ncc(Br)cc3[nH]2)c1. The quantitative estimate of drug-likeness (QED) is 0.783. The van der Waals surface area contributed by atoms with Gasteiger partial charge in [0.15, 0.2) is 5.65 Å². The Bertz CT molecular complexity index is 734. The Balaban J connectivity index is 1.96. The van der Waals surface area contributed by atoms with Crippen LogP contribution in [0, 0.1) is 11.6 Å². The number of imidazole rings is 1. The minimum atomic E-state index is -0.591. The van der Waals surface area contributed by atoms with Crippen LogP contribution in [0.15, 0.2) is 34.9 Å². The average Bonchev–Trinajstić information content (AvgIpc) is 2.68. The Kier molecular flexibility index (Phi) is 3.02. The molecule has 2 aromatic heterocycles. The molecule has 0 aliphatic carbocycles. The normalized spacial score (nSPS) is 11.1. The van der Waals surface area contributed by atoms with Crippen LogP contribution in [0.5, 0.6) is 0 Å². The molecule has 0 atom stereocenters. The molecule has 19 heavy (non-hydrogen) atoms. The molecule has 3 nitrogen and oxygen atoms in total. The summed E-state index contributed by atoms with van der Waals surface area (Å²) in [6, 6.07) is 5.28. The second-order valence-electron chi connectivity index (χ2n) is 4.16. The van der Waals surface area contributed by atoms with E-state index < -0.39 is 11.6 Å². The van der Waals surface area contributed by atoms with Gasteiger partial charge in [0.05, 0.1) is 5.52 Å². The van der Waals surface area contributed by atoms with Crippen molar-refractivity contribution in [1.82, 2.24) is 15.0 Å². The Labute approximate surface area is 115 Å². The van der Waals surface area contributed by atoms with Gasteiger partial charge in [0, 0.05) is 23.2 Å². The predicted molar refractivity (Wildman–Crippen MR) is 70.8 cm³/mol. The molecular weight excluding hydrogens is 316 g/mol. The number of hydrogen-bond acceptors (Lipinski definition) is 2. The molecule has 0 spiro atoms. The summed E-state index contributed by atoms with van der Waals surface area (Å²) < 4.78 is 27.0. The first-order valence-corrected chi connectivity index (χ1v) is 6.34. The minimum absolute atomic E-state index is 0.322. The Morgan fingerprint density at radius 2 is 1.84 bits per heavy atom. The van der Waals surface area contributed by atoms with Crippen LogP contribution in [0.25, 0.3) is 11.2 Å². The van der Waals surface area contributed by atoms with Crippen LogP contribution in [0.3, 0.4) is 0 Å². The lowest BCUT2D eigenvalue weighted by Crippen LogP contribution is -1.93. The molecule has 1 N–H and O–H groups in total. The first kappa shape index (κ1) is 12.2. The Hall–Kier alpha value is -1.82. The van der Waals surface area contributed by atoms with Crippen molar-refractivity contribution < 1.29 is 8.78 Å². The maximum absolute atomic E-state index is 13.1. The van der Waals surface area contributed by atoms with E-state index in [-0.39, 0.29) is 0 Å². The van der Waals surface area contributed by atoms with E-state index in [0.717, 1.165) is 16.1 Å². The van der Waals surface area contributed by atoms with Gasteiger partial charge in [0.1, 0.15) is 17.5 Å². The monoisotopic (exact) mass is 323 g/mol. The Morgan fingerprint density at radius 1 is 1.11 bits per heavy atom. The molecule has 3 aromatic rings. The van der Waals surface area contributed by atoms with Gasteiger partial charge in [-0.25, -0.2) is 18.7 Å². The summed E-state index contributed by atoms with van der Waals surface area (Å²) in [6.45, 7) is 0. The van der Waals surface area contributed by atoms with E-state index in [1.165, 1.54) is 12.1 Å². The number of nitrogens with one attached hydrogen (secondary N) is 1. The molecule has 0 aliphatic rings. The minimum Gasteiger partial charge on any atom is -0.340 e. The third-order valence-corrected chi connectivity index (χ3v) is 3.08. The van der Waals surface area contributed by atoms with Crippen LogP contribution >= 0.6 is 15.9 Å². The van der Waals surface area contributed by atoms with E-state index in [9.17, 15) is 8.78 Å². The summed E-state index contributed by atoms with van der Waals surface area (Å²) in [6.07, 6.45) is 1.97.